The molecule has 0 aromatic heterocycles. The summed E-state index contributed by atoms with van der Waals surface area (Å²) in [5.41, 5.74) is 2.29. The smallest absolute Gasteiger partial charge is 0.338 e. The van der Waals surface area contributed by atoms with Gasteiger partial charge >= 0.3 is 5.97 Å². The molecule has 0 unspecified atom stereocenters. The van der Waals surface area contributed by atoms with E-state index in [2.05, 4.69) is 5.32 Å². The normalized spacial score (nSPS) is 10.1. The fraction of sp³-hybridized carbons (Fsp3) is 0.222. The number of nitrogens with one attached hydrogen (secondary N) is 1. The average molecular weight is 329 g/mol. The highest BCUT2D eigenvalue weighted by Gasteiger charge is 2.13. The number of aryl methyl sites for hydroxylation is 2. The largest absolute Gasteiger partial charge is 0.508 e. The monoisotopic (exact) mass is 329 g/mol. The lowest BCUT2D eigenvalue weighted by atomic mass is 10.1. The van der Waals surface area contributed by atoms with Gasteiger partial charge in [0.1, 0.15) is 11.5 Å². The fourth-order valence-electron chi connectivity index (χ4n) is 2.06. The number of hydrogen-bond donors (Lipinski definition) is 2. The summed E-state index contributed by atoms with van der Waals surface area (Å²) >= 11 is 0. The first kappa shape index (κ1) is 17.3. The second-order valence-electron chi connectivity index (χ2n) is 5.33. The van der Waals surface area contributed by atoms with Crippen LogP contribution in [0.4, 0.5) is 5.69 Å². The van der Waals surface area contributed by atoms with E-state index in [1.165, 1.54) is 19.2 Å². The van der Waals surface area contributed by atoms with Gasteiger partial charge in [-0.3, -0.25) is 4.79 Å². The molecule has 2 aromatic rings. The van der Waals surface area contributed by atoms with Gasteiger partial charge in [0.05, 0.1) is 18.4 Å². The molecule has 24 heavy (non-hydrogen) atoms. The molecule has 0 spiro atoms. The number of esters is 1. The van der Waals surface area contributed by atoms with E-state index in [1.54, 1.807) is 25.1 Å². The summed E-state index contributed by atoms with van der Waals surface area (Å²) in [6, 6.07) is 9.79. The van der Waals surface area contributed by atoms with Crippen molar-refractivity contribution in [3.8, 4) is 11.5 Å². The van der Waals surface area contributed by atoms with E-state index < -0.39 is 18.5 Å². The maximum atomic E-state index is 12.0. The van der Waals surface area contributed by atoms with Crippen LogP contribution in [0.25, 0.3) is 0 Å². The number of phenols is 1. The maximum Gasteiger partial charge on any atom is 0.338 e. The number of benzene rings is 2. The molecule has 2 rings (SSSR count). The quantitative estimate of drug-likeness (QED) is 0.824. The highest BCUT2D eigenvalue weighted by molar-refractivity contribution is 5.96. The van der Waals surface area contributed by atoms with Gasteiger partial charge in [-0.15, -0.1) is 0 Å². The Labute approximate surface area is 140 Å². The molecule has 126 valence electrons. The first-order chi connectivity index (χ1) is 11.4. The third kappa shape index (κ3) is 4.25. The predicted molar refractivity (Wildman–Crippen MR) is 89.5 cm³/mol. The number of anilines is 1. The van der Waals surface area contributed by atoms with Gasteiger partial charge in [-0.25, -0.2) is 4.79 Å². The molecule has 1 amide bonds. The lowest BCUT2D eigenvalue weighted by Gasteiger charge is -2.11. The van der Waals surface area contributed by atoms with Crippen molar-refractivity contribution in [1.82, 2.24) is 0 Å². The van der Waals surface area contributed by atoms with Crippen molar-refractivity contribution in [2.75, 3.05) is 19.0 Å². The number of ether oxygens (including phenoxy) is 2. The highest BCUT2D eigenvalue weighted by Crippen LogP contribution is 2.25. The number of methoxy groups -OCH3 is 1. The Hall–Kier alpha value is -3.02. The summed E-state index contributed by atoms with van der Waals surface area (Å²) in [5, 5.41) is 12.2. The first-order valence-electron chi connectivity index (χ1n) is 7.32. The van der Waals surface area contributed by atoms with Crippen LogP contribution in [0.1, 0.15) is 21.5 Å². The van der Waals surface area contributed by atoms with Crippen LogP contribution in [0.5, 0.6) is 11.5 Å². The summed E-state index contributed by atoms with van der Waals surface area (Å²) in [6.07, 6.45) is 0. The molecule has 0 saturated heterocycles. The number of hydrogen-bond acceptors (Lipinski definition) is 5. The molecule has 0 saturated carbocycles. The highest BCUT2D eigenvalue weighted by atomic mass is 16.5. The maximum absolute atomic E-state index is 12.0. The van der Waals surface area contributed by atoms with Crippen LogP contribution in [0.2, 0.25) is 0 Å². The van der Waals surface area contributed by atoms with E-state index in [1.807, 2.05) is 13.0 Å². The molecule has 0 aliphatic heterocycles. The van der Waals surface area contributed by atoms with Gasteiger partial charge in [0, 0.05) is 0 Å². The summed E-state index contributed by atoms with van der Waals surface area (Å²) in [6.45, 7) is 3.16. The molecule has 2 N–H and O–H groups in total. The van der Waals surface area contributed by atoms with Crippen molar-refractivity contribution in [3.63, 3.8) is 0 Å². The Balaban J connectivity index is 1.97. The summed E-state index contributed by atoms with van der Waals surface area (Å²) in [5.74, 6) is -0.651. The number of phenolic OH excluding ortho intramolecular Hbond substituents is 1. The van der Waals surface area contributed by atoms with Gasteiger partial charge in [0.15, 0.2) is 6.61 Å². The Morgan fingerprint density at radius 3 is 2.54 bits per heavy atom. The van der Waals surface area contributed by atoms with Gasteiger partial charge in [0.25, 0.3) is 5.91 Å². The van der Waals surface area contributed by atoms with Crippen LogP contribution in [-0.2, 0) is 9.53 Å². The van der Waals surface area contributed by atoms with Crippen molar-refractivity contribution >= 4 is 17.6 Å². The van der Waals surface area contributed by atoms with Gasteiger partial charge in [-0.05, 0) is 49.2 Å². The minimum atomic E-state index is -0.684. The molecule has 0 radical (unpaired) electrons. The van der Waals surface area contributed by atoms with E-state index in [0.29, 0.717) is 17.0 Å². The van der Waals surface area contributed by atoms with Crippen molar-refractivity contribution in [1.29, 1.82) is 0 Å². The second-order valence-corrected chi connectivity index (χ2v) is 5.33. The first-order valence-corrected chi connectivity index (χ1v) is 7.32. The van der Waals surface area contributed by atoms with Crippen molar-refractivity contribution in [2.24, 2.45) is 0 Å². The van der Waals surface area contributed by atoms with Gasteiger partial charge in [-0.2, -0.15) is 0 Å². The van der Waals surface area contributed by atoms with Crippen LogP contribution in [0.15, 0.2) is 36.4 Å². The van der Waals surface area contributed by atoms with E-state index in [0.717, 1.165) is 5.56 Å². The molecule has 0 bridgehead atoms. The van der Waals surface area contributed by atoms with Gasteiger partial charge in [0.2, 0.25) is 0 Å². The zero-order valence-corrected chi connectivity index (χ0v) is 13.8. The summed E-state index contributed by atoms with van der Waals surface area (Å²) in [4.78, 5) is 23.9. The molecule has 2 aromatic carbocycles. The van der Waals surface area contributed by atoms with E-state index in [4.69, 9.17) is 9.47 Å². The minimum absolute atomic E-state index is 0.00148. The third-order valence-electron chi connectivity index (χ3n) is 3.41. The van der Waals surface area contributed by atoms with E-state index >= 15 is 0 Å². The summed E-state index contributed by atoms with van der Waals surface area (Å²) in [7, 11) is 1.50. The average Bonchev–Trinajstić information content (AvgIpc) is 2.55. The molecule has 6 nitrogen and oxygen atoms in total. The topological polar surface area (TPSA) is 84.9 Å². The van der Waals surface area contributed by atoms with Gasteiger partial charge in [-0.1, -0.05) is 12.1 Å². The SMILES string of the molecule is COc1ccc(C)cc1NC(=O)COC(=O)c1ccc(C)c(O)c1. The molecule has 6 heteroatoms. The third-order valence-corrected chi connectivity index (χ3v) is 3.41. The van der Waals surface area contributed by atoms with Crippen molar-refractivity contribution < 1.29 is 24.2 Å². The van der Waals surface area contributed by atoms with Crippen LogP contribution >= 0.6 is 0 Å². The minimum Gasteiger partial charge on any atom is -0.508 e. The zero-order chi connectivity index (χ0) is 17.7. The molecule has 0 aliphatic rings. The van der Waals surface area contributed by atoms with Crippen LogP contribution in [0, 0.1) is 13.8 Å². The number of carbonyl (C=O) groups is 2. The van der Waals surface area contributed by atoms with Crippen LogP contribution in [-0.4, -0.2) is 30.7 Å². The standard InChI is InChI=1S/C18H19NO5/c1-11-4-7-16(23-3)14(8-11)19-17(21)10-24-18(22)13-6-5-12(2)15(20)9-13/h4-9,20H,10H2,1-3H3,(H,19,21). The summed E-state index contributed by atoms with van der Waals surface area (Å²) < 4.78 is 10.1. The Bertz CT molecular complexity index is 770. The van der Waals surface area contributed by atoms with Crippen LogP contribution < -0.4 is 10.1 Å². The Morgan fingerprint density at radius 2 is 1.88 bits per heavy atom. The fourth-order valence-corrected chi connectivity index (χ4v) is 2.06. The molecule has 0 aliphatic carbocycles. The van der Waals surface area contributed by atoms with Gasteiger partial charge < -0.3 is 19.9 Å². The lowest BCUT2D eigenvalue weighted by Crippen LogP contribution is -2.21. The lowest BCUT2D eigenvalue weighted by molar-refractivity contribution is -0.119. The van der Waals surface area contributed by atoms with Crippen molar-refractivity contribution in [3.05, 3.63) is 53.1 Å². The molecular weight excluding hydrogens is 310 g/mol. The zero-order valence-electron chi connectivity index (χ0n) is 13.8. The van der Waals surface area contributed by atoms with Crippen molar-refractivity contribution in [2.45, 2.75) is 13.8 Å². The Morgan fingerprint density at radius 1 is 1.12 bits per heavy atom. The molecular formula is C18H19NO5. The number of aromatic hydroxyl groups is 1. The molecule has 0 fully saturated rings. The molecule has 0 heterocycles. The number of rotatable bonds is 5. The predicted octanol–water partition coefficient (Wildman–Crippen LogP) is 2.81. The van der Waals surface area contributed by atoms with Crippen LogP contribution in [0.3, 0.4) is 0 Å². The number of amides is 1. The van der Waals surface area contributed by atoms with E-state index in [-0.39, 0.29) is 11.3 Å². The van der Waals surface area contributed by atoms with E-state index in [9.17, 15) is 14.7 Å². The number of carbonyl (C=O) groups excluding carboxylic acids is 2. The Kier molecular flexibility index (Phi) is 5.42. The molecule has 0 atom stereocenters. The second kappa shape index (κ2) is 7.50.